The van der Waals surface area contributed by atoms with Crippen molar-refractivity contribution in [2.24, 2.45) is 5.92 Å². The third-order valence-electron chi connectivity index (χ3n) is 5.18. The molecule has 3 N–H and O–H groups in total. The standard InChI is InChI=1S/C19H31NO2/c1-13-9-10-15(3)19(16(13)4)22-12-17(21)11-20-18-8-6-5-7-14(18)2/h9-10,14,17-18,20-21H,5-8,11-12H2,1-4H3/p+1/t14-,17-,18-/m1/s1. The largest absolute Gasteiger partial charge is 0.490 e. The minimum Gasteiger partial charge on any atom is -0.490 e. The lowest BCUT2D eigenvalue weighted by molar-refractivity contribution is -0.703. The Morgan fingerprint density at radius 2 is 1.86 bits per heavy atom. The van der Waals surface area contributed by atoms with Gasteiger partial charge in [0.15, 0.2) is 0 Å². The van der Waals surface area contributed by atoms with E-state index in [2.05, 4.69) is 45.1 Å². The molecular formula is C19H32NO2+. The first-order chi connectivity index (χ1) is 10.5. The molecule has 1 aliphatic carbocycles. The van der Waals surface area contributed by atoms with Crippen LogP contribution in [0.25, 0.3) is 0 Å². The topological polar surface area (TPSA) is 46.1 Å². The van der Waals surface area contributed by atoms with Gasteiger partial charge in [-0.15, -0.1) is 0 Å². The highest BCUT2D eigenvalue weighted by Gasteiger charge is 2.24. The number of rotatable bonds is 6. The third kappa shape index (κ3) is 4.47. The van der Waals surface area contributed by atoms with Crippen LogP contribution in [0, 0.1) is 26.7 Å². The molecule has 0 aromatic heterocycles. The van der Waals surface area contributed by atoms with E-state index in [0.29, 0.717) is 12.6 Å². The average molecular weight is 306 g/mol. The van der Waals surface area contributed by atoms with Crippen molar-refractivity contribution in [3.05, 3.63) is 28.8 Å². The minimum absolute atomic E-state index is 0.378. The Labute approximate surface area is 135 Å². The summed E-state index contributed by atoms with van der Waals surface area (Å²) >= 11 is 0. The monoisotopic (exact) mass is 306 g/mol. The number of ether oxygens (including phenoxy) is 1. The van der Waals surface area contributed by atoms with E-state index in [1.807, 2.05) is 0 Å². The van der Waals surface area contributed by atoms with Crippen molar-refractivity contribution in [3.63, 3.8) is 0 Å². The average Bonchev–Trinajstić information content (AvgIpc) is 2.50. The van der Waals surface area contributed by atoms with Gasteiger partial charge in [-0.3, -0.25) is 0 Å². The van der Waals surface area contributed by atoms with Gasteiger partial charge in [0.2, 0.25) is 0 Å². The molecule has 2 rings (SSSR count). The summed E-state index contributed by atoms with van der Waals surface area (Å²) in [6, 6.07) is 4.87. The molecule has 124 valence electrons. The van der Waals surface area contributed by atoms with Crippen LogP contribution in [0.1, 0.15) is 49.3 Å². The molecule has 3 nitrogen and oxygen atoms in total. The zero-order valence-electron chi connectivity index (χ0n) is 14.6. The smallest absolute Gasteiger partial charge is 0.137 e. The van der Waals surface area contributed by atoms with Gasteiger partial charge < -0.3 is 15.2 Å². The Hall–Kier alpha value is -1.06. The summed E-state index contributed by atoms with van der Waals surface area (Å²) in [5.74, 6) is 1.70. The van der Waals surface area contributed by atoms with Gasteiger partial charge >= 0.3 is 0 Å². The van der Waals surface area contributed by atoms with Crippen LogP contribution in [0.5, 0.6) is 5.75 Å². The lowest BCUT2D eigenvalue weighted by Gasteiger charge is -2.27. The number of quaternary nitrogens is 1. The number of aliphatic hydroxyl groups excluding tert-OH is 1. The second-order valence-corrected chi connectivity index (χ2v) is 7.02. The van der Waals surface area contributed by atoms with Crippen LogP contribution in [-0.4, -0.2) is 30.4 Å². The Bertz CT molecular complexity index is 487. The molecule has 1 saturated carbocycles. The SMILES string of the molecule is Cc1ccc(C)c(OC[C@H](O)C[NH2+][C@@H]2CCCC[C@H]2C)c1C. The summed E-state index contributed by atoms with van der Waals surface area (Å²) in [6.07, 6.45) is 4.90. The van der Waals surface area contributed by atoms with E-state index in [4.69, 9.17) is 4.74 Å². The second-order valence-electron chi connectivity index (χ2n) is 7.02. The molecule has 1 aromatic carbocycles. The van der Waals surface area contributed by atoms with Crippen LogP contribution < -0.4 is 10.1 Å². The van der Waals surface area contributed by atoms with Gasteiger partial charge in [-0.05, 0) is 56.7 Å². The molecule has 0 heterocycles. The van der Waals surface area contributed by atoms with E-state index in [0.717, 1.165) is 23.8 Å². The minimum atomic E-state index is -0.409. The zero-order chi connectivity index (χ0) is 16.1. The highest BCUT2D eigenvalue weighted by molar-refractivity contribution is 5.44. The van der Waals surface area contributed by atoms with Gasteiger partial charge in [0.1, 0.15) is 25.0 Å². The van der Waals surface area contributed by atoms with Crippen molar-refractivity contribution in [3.8, 4) is 5.75 Å². The molecule has 22 heavy (non-hydrogen) atoms. The number of hydrogen-bond donors (Lipinski definition) is 2. The first kappa shape index (κ1) is 17.3. The maximum absolute atomic E-state index is 10.2. The van der Waals surface area contributed by atoms with Crippen molar-refractivity contribution >= 4 is 0 Å². The Morgan fingerprint density at radius 1 is 1.18 bits per heavy atom. The molecule has 0 bridgehead atoms. The highest BCUT2D eigenvalue weighted by Crippen LogP contribution is 2.25. The van der Waals surface area contributed by atoms with Gasteiger partial charge in [-0.25, -0.2) is 0 Å². The quantitative estimate of drug-likeness (QED) is 0.848. The molecule has 1 aromatic rings. The van der Waals surface area contributed by atoms with Gasteiger partial charge in [0.25, 0.3) is 0 Å². The number of aliphatic hydroxyl groups is 1. The van der Waals surface area contributed by atoms with E-state index >= 15 is 0 Å². The first-order valence-electron chi connectivity index (χ1n) is 8.70. The molecule has 0 amide bonds. The molecule has 1 aliphatic rings. The van der Waals surface area contributed by atoms with Crippen molar-refractivity contribution in [2.75, 3.05) is 13.2 Å². The van der Waals surface area contributed by atoms with Crippen LogP contribution in [0.15, 0.2) is 12.1 Å². The molecule has 1 fully saturated rings. The number of benzene rings is 1. The molecular weight excluding hydrogens is 274 g/mol. The number of aryl methyl sites for hydroxylation is 2. The molecule has 0 radical (unpaired) electrons. The van der Waals surface area contributed by atoms with Gasteiger partial charge in [-0.2, -0.15) is 0 Å². The van der Waals surface area contributed by atoms with Gasteiger partial charge in [0.05, 0.1) is 6.04 Å². The number of nitrogens with two attached hydrogens (primary N) is 1. The Balaban J connectivity index is 1.80. The Kier molecular flexibility index (Phi) is 6.27. The maximum Gasteiger partial charge on any atom is 0.137 e. The fourth-order valence-corrected chi connectivity index (χ4v) is 3.42. The lowest BCUT2D eigenvalue weighted by Crippen LogP contribution is -2.93. The van der Waals surface area contributed by atoms with E-state index < -0.39 is 6.10 Å². The van der Waals surface area contributed by atoms with Crippen LogP contribution in [0.2, 0.25) is 0 Å². The summed E-state index contributed by atoms with van der Waals surface area (Å²) in [5.41, 5.74) is 3.55. The van der Waals surface area contributed by atoms with Crippen molar-refractivity contribution in [2.45, 2.75) is 65.5 Å². The predicted octanol–water partition coefficient (Wildman–Crippen LogP) is 2.49. The third-order valence-corrected chi connectivity index (χ3v) is 5.18. The fourth-order valence-electron chi connectivity index (χ4n) is 3.42. The van der Waals surface area contributed by atoms with Crippen LogP contribution in [0.4, 0.5) is 0 Å². The van der Waals surface area contributed by atoms with Crippen LogP contribution in [-0.2, 0) is 0 Å². The molecule has 3 heteroatoms. The fraction of sp³-hybridized carbons (Fsp3) is 0.684. The summed E-state index contributed by atoms with van der Waals surface area (Å²) in [5, 5.41) is 12.5. The summed E-state index contributed by atoms with van der Waals surface area (Å²) in [6.45, 7) is 9.69. The normalized spacial score (nSPS) is 23.3. The van der Waals surface area contributed by atoms with Crippen molar-refractivity contribution in [1.82, 2.24) is 0 Å². The molecule has 0 spiro atoms. The second kappa shape index (κ2) is 7.98. The zero-order valence-corrected chi connectivity index (χ0v) is 14.6. The molecule has 0 saturated heterocycles. The highest BCUT2D eigenvalue weighted by atomic mass is 16.5. The predicted molar refractivity (Wildman–Crippen MR) is 90.4 cm³/mol. The van der Waals surface area contributed by atoms with Crippen LogP contribution in [0.3, 0.4) is 0 Å². The first-order valence-corrected chi connectivity index (χ1v) is 8.70. The van der Waals surface area contributed by atoms with E-state index in [1.165, 1.54) is 36.8 Å². The van der Waals surface area contributed by atoms with Crippen LogP contribution >= 0.6 is 0 Å². The van der Waals surface area contributed by atoms with Crippen molar-refractivity contribution in [1.29, 1.82) is 0 Å². The summed E-state index contributed by atoms with van der Waals surface area (Å²) in [4.78, 5) is 0. The molecule has 3 atom stereocenters. The van der Waals surface area contributed by atoms with Gasteiger partial charge in [-0.1, -0.05) is 25.5 Å². The van der Waals surface area contributed by atoms with E-state index in [9.17, 15) is 5.11 Å². The van der Waals surface area contributed by atoms with E-state index in [1.54, 1.807) is 0 Å². The van der Waals surface area contributed by atoms with E-state index in [-0.39, 0.29) is 0 Å². The lowest BCUT2D eigenvalue weighted by atomic mass is 9.86. The molecule has 0 unspecified atom stereocenters. The maximum atomic E-state index is 10.2. The Morgan fingerprint density at radius 3 is 2.59 bits per heavy atom. The summed E-state index contributed by atoms with van der Waals surface area (Å²) in [7, 11) is 0. The number of hydrogen-bond acceptors (Lipinski definition) is 2. The van der Waals surface area contributed by atoms with Crippen molar-refractivity contribution < 1.29 is 15.2 Å². The van der Waals surface area contributed by atoms with Gasteiger partial charge in [0, 0.05) is 5.92 Å². The summed E-state index contributed by atoms with van der Waals surface area (Å²) < 4.78 is 5.91. The molecule has 0 aliphatic heterocycles.